The molecular weight excluding hydrogens is 263 g/mol. The lowest BCUT2D eigenvalue weighted by molar-refractivity contribution is -0.123. The Morgan fingerprint density at radius 1 is 1.70 bits per heavy atom. The maximum Gasteiger partial charge on any atom is 0.252 e. The molecule has 0 spiro atoms. The number of halogens is 1. The molecule has 1 amide bonds. The van der Waals surface area contributed by atoms with Crippen LogP contribution in [0.25, 0.3) is 0 Å². The maximum atomic E-state index is 11.1. The Hall–Kier alpha value is 0.0900. The van der Waals surface area contributed by atoms with Crippen LogP contribution in [-0.2, 0) is 4.79 Å². The maximum absolute atomic E-state index is 11.1. The molecule has 0 aliphatic carbocycles. The molecule has 0 unspecified atom stereocenters. The zero-order valence-electron chi connectivity index (χ0n) is 5.64. The molecule has 10 heavy (non-hydrogen) atoms. The van der Waals surface area contributed by atoms with Gasteiger partial charge in [0.05, 0.1) is 22.9 Å². The second-order valence-corrected chi connectivity index (χ2v) is 3.95. The van der Waals surface area contributed by atoms with E-state index in [2.05, 4.69) is 5.32 Å². The fourth-order valence-electron chi connectivity index (χ4n) is 0.642. The van der Waals surface area contributed by atoms with Gasteiger partial charge in [0.15, 0.2) is 5.11 Å². The van der Waals surface area contributed by atoms with Gasteiger partial charge in [-0.1, -0.05) is 0 Å². The average Bonchev–Trinajstić information content (AvgIpc) is 1.97. The topological polar surface area (TPSA) is 32.3 Å². The van der Waals surface area contributed by atoms with Gasteiger partial charge in [-0.3, -0.25) is 7.91 Å². The molecule has 0 atom stereocenters. The smallest absolute Gasteiger partial charge is 0.252 e. The number of carbonyl (C=O) groups is 1. The van der Waals surface area contributed by atoms with Crippen molar-refractivity contribution in [1.82, 2.24) is 8.43 Å². The summed E-state index contributed by atoms with van der Waals surface area (Å²) in [5.74, 6) is -0.0353. The highest BCUT2D eigenvalue weighted by molar-refractivity contribution is 14.1. The van der Waals surface area contributed by atoms with Crippen LogP contribution < -0.4 is 5.32 Å². The van der Waals surface area contributed by atoms with Crippen LogP contribution in [0.15, 0.2) is 0 Å². The van der Waals surface area contributed by atoms with Crippen molar-refractivity contribution in [2.75, 3.05) is 0 Å². The SMILES string of the molecule is CC1(C)C(=O)NC(=S)N1I. The van der Waals surface area contributed by atoms with Crippen molar-refractivity contribution in [2.24, 2.45) is 0 Å². The Bertz CT molecular complexity index is 204. The van der Waals surface area contributed by atoms with Gasteiger partial charge in [0, 0.05) is 0 Å². The molecule has 0 aromatic rings. The number of hydrogen-bond donors (Lipinski definition) is 1. The predicted octanol–water partition coefficient (Wildman–Crippen LogP) is 0.832. The number of carbonyl (C=O) groups excluding carboxylic acids is 1. The van der Waals surface area contributed by atoms with Crippen molar-refractivity contribution in [2.45, 2.75) is 19.4 Å². The largest absolute Gasteiger partial charge is 0.300 e. The van der Waals surface area contributed by atoms with Crippen molar-refractivity contribution >= 4 is 46.1 Å². The standard InChI is InChI=1S/C5H7IN2OS/c1-5(2)3(9)7-4(10)8(5)6/h1-2H3,(H,7,9,10). The lowest BCUT2D eigenvalue weighted by Gasteiger charge is -2.21. The van der Waals surface area contributed by atoms with E-state index in [-0.39, 0.29) is 5.91 Å². The van der Waals surface area contributed by atoms with E-state index >= 15 is 0 Å². The van der Waals surface area contributed by atoms with Gasteiger partial charge >= 0.3 is 0 Å². The van der Waals surface area contributed by atoms with Gasteiger partial charge in [-0.2, -0.15) is 0 Å². The van der Waals surface area contributed by atoms with E-state index in [4.69, 9.17) is 12.2 Å². The quantitative estimate of drug-likeness (QED) is 0.402. The highest BCUT2D eigenvalue weighted by Crippen LogP contribution is 2.24. The Labute approximate surface area is 78.6 Å². The molecule has 0 bridgehead atoms. The molecule has 5 heteroatoms. The molecule has 0 aromatic heterocycles. The van der Waals surface area contributed by atoms with Crippen LogP contribution in [0.4, 0.5) is 0 Å². The first-order valence-corrected chi connectivity index (χ1v) is 4.15. The van der Waals surface area contributed by atoms with Gasteiger partial charge in [0.2, 0.25) is 0 Å². The number of thiocarbonyl (C=S) groups is 1. The molecule has 1 aliphatic rings. The molecule has 0 aromatic carbocycles. The van der Waals surface area contributed by atoms with E-state index in [1.165, 1.54) is 0 Å². The zero-order valence-corrected chi connectivity index (χ0v) is 8.62. The minimum absolute atomic E-state index is 0.0353. The van der Waals surface area contributed by atoms with Crippen LogP contribution >= 0.6 is 35.1 Å². The summed E-state index contributed by atoms with van der Waals surface area (Å²) in [5.41, 5.74) is -0.488. The Morgan fingerprint density at radius 2 is 2.20 bits per heavy atom. The molecule has 56 valence electrons. The second-order valence-electron chi connectivity index (χ2n) is 2.60. The molecule has 1 saturated heterocycles. The normalized spacial score (nSPS) is 23.3. The van der Waals surface area contributed by atoms with Gasteiger partial charge < -0.3 is 5.32 Å². The lowest BCUT2D eigenvalue weighted by Crippen LogP contribution is -2.37. The molecule has 3 nitrogen and oxygen atoms in total. The van der Waals surface area contributed by atoms with E-state index in [0.717, 1.165) is 0 Å². The molecule has 0 radical (unpaired) electrons. The zero-order chi connectivity index (χ0) is 7.94. The third-order valence-corrected chi connectivity index (χ3v) is 3.75. The first kappa shape index (κ1) is 8.19. The van der Waals surface area contributed by atoms with Crippen LogP contribution in [0.1, 0.15) is 13.8 Å². The predicted molar refractivity (Wildman–Crippen MR) is 50.7 cm³/mol. The second kappa shape index (κ2) is 2.30. The summed E-state index contributed by atoms with van der Waals surface area (Å²) in [5, 5.41) is 3.06. The minimum atomic E-state index is -0.488. The lowest BCUT2D eigenvalue weighted by atomic mass is 10.1. The first-order valence-electron chi connectivity index (χ1n) is 2.77. The Balaban J connectivity index is 2.96. The van der Waals surface area contributed by atoms with E-state index in [0.29, 0.717) is 5.11 Å². The molecule has 1 heterocycles. The fraction of sp³-hybridized carbons (Fsp3) is 0.600. The summed E-state index contributed by atoms with van der Waals surface area (Å²) in [6.07, 6.45) is 0. The molecular formula is C5H7IN2OS. The van der Waals surface area contributed by atoms with Gasteiger partial charge in [0.1, 0.15) is 5.54 Å². The molecule has 1 N–H and O–H groups in total. The van der Waals surface area contributed by atoms with Gasteiger partial charge in [-0.25, -0.2) is 0 Å². The van der Waals surface area contributed by atoms with E-state index in [1.54, 1.807) is 3.11 Å². The first-order chi connectivity index (χ1) is 4.46. The molecule has 0 saturated carbocycles. The summed E-state index contributed by atoms with van der Waals surface area (Å²) in [6.45, 7) is 3.65. The summed E-state index contributed by atoms with van der Waals surface area (Å²) in [7, 11) is 0. The van der Waals surface area contributed by atoms with Crippen molar-refractivity contribution in [3.05, 3.63) is 0 Å². The van der Waals surface area contributed by atoms with Gasteiger partial charge in [-0.05, 0) is 26.1 Å². The number of hydrogen-bond acceptors (Lipinski definition) is 2. The van der Waals surface area contributed by atoms with Crippen LogP contribution in [0, 0.1) is 0 Å². The van der Waals surface area contributed by atoms with Crippen LogP contribution in [0.5, 0.6) is 0 Å². The summed E-state index contributed by atoms with van der Waals surface area (Å²) >= 11 is 6.88. The van der Waals surface area contributed by atoms with E-state index < -0.39 is 5.54 Å². The third-order valence-electron chi connectivity index (χ3n) is 1.45. The van der Waals surface area contributed by atoms with Crippen LogP contribution in [0.3, 0.4) is 0 Å². The molecule has 1 rings (SSSR count). The number of amides is 1. The summed E-state index contributed by atoms with van der Waals surface area (Å²) in [4.78, 5) is 11.1. The average molecular weight is 270 g/mol. The summed E-state index contributed by atoms with van der Waals surface area (Å²) in [6, 6.07) is 0. The van der Waals surface area contributed by atoms with Gasteiger partial charge in [0.25, 0.3) is 5.91 Å². The highest BCUT2D eigenvalue weighted by atomic mass is 127. The third kappa shape index (κ3) is 1.01. The monoisotopic (exact) mass is 270 g/mol. The van der Waals surface area contributed by atoms with E-state index in [9.17, 15) is 4.79 Å². The van der Waals surface area contributed by atoms with Crippen molar-refractivity contribution in [1.29, 1.82) is 0 Å². The number of rotatable bonds is 0. The highest BCUT2D eigenvalue weighted by Gasteiger charge is 2.42. The number of nitrogens with zero attached hydrogens (tertiary/aromatic N) is 1. The Morgan fingerprint density at radius 3 is 2.30 bits per heavy atom. The molecule has 1 aliphatic heterocycles. The van der Waals surface area contributed by atoms with Crippen molar-refractivity contribution in [3.63, 3.8) is 0 Å². The Kier molecular flexibility index (Phi) is 1.88. The fourth-order valence-corrected chi connectivity index (χ4v) is 1.30. The van der Waals surface area contributed by atoms with Crippen molar-refractivity contribution < 1.29 is 4.79 Å². The van der Waals surface area contributed by atoms with Crippen LogP contribution in [-0.4, -0.2) is 19.7 Å². The number of nitrogens with one attached hydrogen (secondary N) is 1. The molecule has 1 fully saturated rings. The van der Waals surface area contributed by atoms with Gasteiger partial charge in [-0.15, -0.1) is 0 Å². The van der Waals surface area contributed by atoms with E-state index in [1.807, 2.05) is 36.7 Å². The minimum Gasteiger partial charge on any atom is -0.300 e. The van der Waals surface area contributed by atoms with Crippen molar-refractivity contribution in [3.8, 4) is 0 Å². The summed E-state index contributed by atoms with van der Waals surface area (Å²) < 4.78 is 1.72. The van der Waals surface area contributed by atoms with Crippen LogP contribution in [0.2, 0.25) is 0 Å².